The zero-order valence-corrected chi connectivity index (χ0v) is 17.6. The molecule has 3 aromatic heterocycles. The van der Waals surface area contributed by atoms with Crippen LogP contribution < -0.4 is 0 Å². The normalized spacial score (nSPS) is 11.8. The minimum Gasteiger partial charge on any atom is -0.340 e. The lowest BCUT2D eigenvalue weighted by atomic mass is 10.0. The molecule has 0 aliphatic rings. The smallest absolute Gasteiger partial charge is 0.340 e. The number of rotatable bonds is 4. The number of hydrogen-bond donors (Lipinski definition) is 1. The molecule has 164 valence electrons. The summed E-state index contributed by atoms with van der Waals surface area (Å²) in [5.41, 5.74) is 4.41. The average Bonchev–Trinajstić information content (AvgIpc) is 3.22. The van der Waals surface area contributed by atoms with Crippen LogP contribution in [-0.2, 0) is 12.6 Å². The van der Waals surface area contributed by atoms with Crippen LogP contribution in [0.2, 0.25) is 0 Å². The maximum Gasteiger partial charge on any atom is 0.416 e. The zero-order chi connectivity index (χ0) is 23.0. The van der Waals surface area contributed by atoms with Gasteiger partial charge in [0, 0.05) is 30.1 Å². The van der Waals surface area contributed by atoms with E-state index < -0.39 is 11.7 Å². The molecule has 0 aliphatic carbocycles. The second-order valence-electron chi connectivity index (χ2n) is 7.66. The Hall–Kier alpha value is -4.07. The highest BCUT2D eigenvalue weighted by Crippen LogP contribution is 2.34. The molecular weight excluding hydrogens is 427 g/mol. The van der Waals surface area contributed by atoms with E-state index in [0.29, 0.717) is 28.4 Å². The van der Waals surface area contributed by atoms with Crippen molar-refractivity contribution >= 4 is 11.0 Å². The minimum atomic E-state index is -4.44. The molecule has 0 saturated carbocycles. The van der Waals surface area contributed by atoms with Gasteiger partial charge in [-0.2, -0.15) is 13.2 Å². The highest BCUT2D eigenvalue weighted by molar-refractivity contribution is 5.84. The molecule has 0 spiro atoms. The van der Waals surface area contributed by atoms with Crippen LogP contribution in [0.3, 0.4) is 0 Å². The number of nitrogens with one attached hydrogen (secondary N) is 1. The zero-order valence-electron chi connectivity index (χ0n) is 17.6. The first-order valence-corrected chi connectivity index (χ1v) is 10.3. The van der Waals surface area contributed by atoms with Gasteiger partial charge in [0.1, 0.15) is 5.82 Å². The van der Waals surface area contributed by atoms with Gasteiger partial charge in [-0.05, 0) is 42.8 Å². The molecular formula is C25H18F3N5. The van der Waals surface area contributed by atoms with Crippen molar-refractivity contribution in [1.29, 1.82) is 0 Å². The lowest BCUT2D eigenvalue weighted by Gasteiger charge is -2.11. The van der Waals surface area contributed by atoms with Crippen molar-refractivity contribution in [1.82, 2.24) is 24.9 Å². The lowest BCUT2D eigenvalue weighted by Crippen LogP contribution is -2.09. The second-order valence-corrected chi connectivity index (χ2v) is 7.66. The van der Waals surface area contributed by atoms with Gasteiger partial charge >= 0.3 is 6.18 Å². The van der Waals surface area contributed by atoms with Gasteiger partial charge in [-0.25, -0.2) is 4.98 Å². The fourth-order valence-electron chi connectivity index (χ4n) is 3.82. The Morgan fingerprint density at radius 1 is 0.848 bits per heavy atom. The summed E-state index contributed by atoms with van der Waals surface area (Å²) >= 11 is 0. The Labute approximate surface area is 187 Å². The number of pyridine rings is 1. The van der Waals surface area contributed by atoms with E-state index in [9.17, 15) is 13.2 Å². The third-order valence-electron chi connectivity index (χ3n) is 5.32. The first kappa shape index (κ1) is 20.8. The number of alkyl halides is 3. The molecule has 1 N–H and O–H groups in total. The Balaban J connectivity index is 1.64. The molecule has 0 atom stereocenters. The number of imidazole rings is 1. The van der Waals surface area contributed by atoms with Crippen LogP contribution in [0, 0.1) is 6.92 Å². The summed E-state index contributed by atoms with van der Waals surface area (Å²) in [7, 11) is 0. The highest BCUT2D eigenvalue weighted by Gasteiger charge is 2.33. The molecule has 2 aromatic carbocycles. The third-order valence-corrected chi connectivity index (χ3v) is 5.32. The number of aryl methyl sites for hydroxylation is 1. The number of nitrogens with zero attached hydrogens (tertiary/aromatic N) is 4. The molecule has 5 aromatic rings. The molecule has 0 fully saturated rings. The van der Waals surface area contributed by atoms with Crippen molar-refractivity contribution in [2.45, 2.75) is 19.5 Å². The molecule has 8 heteroatoms. The van der Waals surface area contributed by atoms with E-state index in [1.54, 1.807) is 18.5 Å². The topological polar surface area (TPSA) is 67.3 Å². The van der Waals surface area contributed by atoms with Crippen LogP contribution >= 0.6 is 0 Å². The van der Waals surface area contributed by atoms with E-state index in [4.69, 9.17) is 4.98 Å². The monoisotopic (exact) mass is 445 g/mol. The van der Waals surface area contributed by atoms with Crippen molar-refractivity contribution in [3.8, 4) is 22.6 Å². The number of H-pyrrole nitrogens is 1. The number of hydrogen-bond acceptors (Lipinski definition) is 4. The quantitative estimate of drug-likeness (QED) is 0.368. The van der Waals surface area contributed by atoms with Crippen molar-refractivity contribution in [3.63, 3.8) is 0 Å². The number of halogens is 3. The summed E-state index contributed by atoms with van der Waals surface area (Å²) in [5, 5.41) is 0. The molecule has 0 radical (unpaired) electrons. The molecule has 0 amide bonds. The van der Waals surface area contributed by atoms with E-state index >= 15 is 0 Å². The lowest BCUT2D eigenvalue weighted by molar-refractivity contribution is -0.138. The van der Waals surface area contributed by atoms with Gasteiger partial charge in [-0.1, -0.05) is 30.3 Å². The maximum atomic E-state index is 13.5. The predicted octanol–water partition coefficient (Wildman–Crippen LogP) is 6.00. The predicted molar refractivity (Wildman–Crippen MR) is 119 cm³/mol. The third kappa shape index (κ3) is 4.19. The van der Waals surface area contributed by atoms with Crippen molar-refractivity contribution in [2.75, 3.05) is 0 Å². The van der Waals surface area contributed by atoms with Gasteiger partial charge in [0.2, 0.25) is 0 Å². The molecule has 33 heavy (non-hydrogen) atoms. The first-order chi connectivity index (χ1) is 15.9. The molecule has 5 rings (SSSR count). The summed E-state index contributed by atoms with van der Waals surface area (Å²) in [5.74, 6) is 0.416. The molecule has 5 nitrogen and oxygen atoms in total. The summed E-state index contributed by atoms with van der Waals surface area (Å²) in [6.45, 7) is 1.88. The van der Waals surface area contributed by atoms with Gasteiger partial charge < -0.3 is 4.98 Å². The van der Waals surface area contributed by atoms with Crippen LogP contribution in [-0.4, -0.2) is 24.9 Å². The van der Waals surface area contributed by atoms with Gasteiger partial charge in [0.25, 0.3) is 0 Å². The van der Waals surface area contributed by atoms with Gasteiger partial charge in [-0.3, -0.25) is 15.0 Å². The summed E-state index contributed by atoms with van der Waals surface area (Å²) in [6, 6.07) is 16.7. The number of aromatic nitrogens is 5. The highest BCUT2D eigenvalue weighted by atomic mass is 19.4. The van der Waals surface area contributed by atoms with Crippen LogP contribution in [0.15, 0.2) is 73.1 Å². The maximum absolute atomic E-state index is 13.5. The van der Waals surface area contributed by atoms with Gasteiger partial charge in [-0.15, -0.1) is 0 Å². The van der Waals surface area contributed by atoms with Crippen molar-refractivity contribution < 1.29 is 13.2 Å². The van der Waals surface area contributed by atoms with E-state index in [-0.39, 0.29) is 12.0 Å². The van der Waals surface area contributed by atoms with E-state index in [1.165, 1.54) is 12.1 Å². The number of fused-ring (bicyclic) bond motifs is 1. The van der Waals surface area contributed by atoms with E-state index in [0.717, 1.165) is 22.8 Å². The fraction of sp³-hybridized carbons (Fsp3) is 0.120. The van der Waals surface area contributed by atoms with Gasteiger partial charge in [0.15, 0.2) is 0 Å². The molecule has 0 saturated heterocycles. The number of benzene rings is 2. The second kappa shape index (κ2) is 8.12. The standard InChI is InChI=1S/C25H18F3N5/c1-15-5-4-8-20(31-15)24-23(17-9-10-19-21(13-17)30-12-11-29-19)32-22(33-24)14-16-6-2-3-7-18(16)25(26,27)28/h2-13H,14H2,1H3,(H,32,33). The summed E-state index contributed by atoms with van der Waals surface area (Å²) in [6.07, 6.45) is -1.21. The van der Waals surface area contributed by atoms with E-state index in [2.05, 4.69) is 19.9 Å². The molecule has 0 bridgehead atoms. The molecule has 0 unspecified atom stereocenters. The Bertz CT molecular complexity index is 1460. The average molecular weight is 445 g/mol. The largest absolute Gasteiger partial charge is 0.416 e. The van der Waals surface area contributed by atoms with Gasteiger partial charge in [0.05, 0.1) is 33.7 Å². The van der Waals surface area contributed by atoms with Crippen LogP contribution in [0.4, 0.5) is 13.2 Å². The summed E-state index contributed by atoms with van der Waals surface area (Å²) < 4.78 is 40.5. The first-order valence-electron chi connectivity index (χ1n) is 10.3. The minimum absolute atomic E-state index is 0.00187. The van der Waals surface area contributed by atoms with E-state index in [1.807, 2.05) is 43.3 Å². The molecule has 0 aliphatic heterocycles. The van der Waals surface area contributed by atoms with Crippen molar-refractivity contribution in [3.05, 3.63) is 95.7 Å². The van der Waals surface area contributed by atoms with Crippen LogP contribution in [0.5, 0.6) is 0 Å². The Morgan fingerprint density at radius 3 is 2.42 bits per heavy atom. The molecule has 3 heterocycles. The number of aromatic amines is 1. The Morgan fingerprint density at radius 2 is 1.64 bits per heavy atom. The Kier molecular flexibility index (Phi) is 5.12. The summed E-state index contributed by atoms with van der Waals surface area (Å²) in [4.78, 5) is 21.2. The van der Waals surface area contributed by atoms with Crippen LogP contribution in [0.1, 0.15) is 22.6 Å². The van der Waals surface area contributed by atoms with Crippen molar-refractivity contribution in [2.24, 2.45) is 0 Å². The SMILES string of the molecule is Cc1cccc(-c2[nH]c(Cc3ccccc3C(F)(F)F)nc2-c2ccc3nccnc3c2)n1. The fourth-order valence-corrected chi connectivity index (χ4v) is 3.82. The van der Waals surface area contributed by atoms with Crippen LogP contribution in [0.25, 0.3) is 33.7 Å².